The number of benzene rings is 1. The van der Waals surface area contributed by atoms with Gasteiger partial charge in [-0.25, -0.2) is 14.7 Å². The minimum absolute atomic E-state index is 0.420. The smallest absolute Gasteiger partial charge is 0.279 e. The Balaban J connectivity index is 1.51. The SMILES string of the molecule is COCCc1nc2c(N)nc3ccccc3c2n1CCCCNS(=O)(=O)N1CCCC1. The molecule has 3 heterocycles. The Bertz CT molecular complexity index is 1150. The number of rotatable bonds is 10. The number of anilines is 1. The van der Waals surface area contributed by atoms with E-state index in [1.165, 1.54) is 4.31 Å². The number of methoxy groups -OCH3 is 1. The molecule has 9 nitrogen and oxygen atoms in total. The molecule has 1 aromatic carbocycles. The number of hydrogen-bond acceptors (Lipinski definition) is 6. The first kappa shape index (κ1) is 21.9. The maximum absolute atomic E-state index is 12.3. The lowest BCUT2D eigenvalue weighted by Gasteiger charge is -2.16. The monoisotopic (exact) mass is 446 g/mol. The molecule has 0 radical (unpaired) electrons. The molecule has 3 N–H and O–H groups in total. The van der Waals surface area contributed by atoms with E-state index in [-0.39, 0.29) is 0 Å². The summed E-state index contributed by atoms with van der Waals surface area (Å²) in [5, 5.41) is 1.01. The quantitative estimate of drug-likeness (QED) is 0.461. The number of para-hydroxylation sites is 1. The summed E-state index contributed by atoms with van der Waals surface area (Å²) in [4.78, 5) is 9.27. The summed E-state index contributed by atoms with van der Waals surface area (Å²) in [6, 6.07) is 7.91. The number of nitrogens with zero attached hydrogens (tertiary/aromatic N) is 4. The normalized spacial score (nSPS) is 15.4. The third-order valence-electron chi connectivity index (χ3n) is 5.72. The average molecular weight is 447 g/mol. The number of aryl methyl sites for hydroxylation is 1. The predicted octanol–water partition coefficient (Wildman–Crippen LogP) is 2.07. The number of nitrogens with two attached hydrogens (primary N) is 1. The molecule has 31 heavy (non-hydrogen) atoms. The third-order valence-corrected chi connectivity index (χ3v) is 7.33. The van der Waals surface area contributed by atoms with Crippen molar-refractivity contribution in [2.24, 2.45) is 0 Å². The maximum atomic E-state index is 12.3. The number of pyridine rings is 1. The van der Waals surface area contributed by atoms with Gasteiger partial charge in [-0.05, 0) is 31.7 Å². The summed E-state index contributed by atoms with van der Waals surface area (Å²) in [6.07, 6.45) is 4.08. The maximum Gasteiger partial charge on any atom is 0.279 e. The molecule has 0 spiro atoms. The predicted molar refractivity (Wildman–Crippen MR) is 122 cm³/mol. The lowest BCUT2D eigenvalue weighted by atomic mass is 10.2. The van der Waals surface area contributed by atoms with E-state index in [9.17, 15) is 8.42 Å². The summed E-state index contributed by atoms with van der Waals surface area (Å²) in [5.74, 6) is 1.32. The fourth-order valence-electron chi connectivity index (χ4n) is 4.15. The molecule has 168 valence electrons. The summed E-state index contributed by atoms with van der Waals surface area (Å²) in [7, 11) is -1.69. The fraction of sp³-hybridized carbons (Fsp3) is 0.524. The molecular weight excluding hydrogens is 416 g/mol. The van der Waals surface area contributed by atoms with Gasteiger partial charge in [0.25, 0.3) is 10.2 Å². The molecule has 0 saturated carbocycles. The van der Waals surface area contributed by atoms with E-state index in [1.54, 1.807) is 7.11 Å². The summed E-state index contributed by atoms with van der Waals surface area (Å²) < 4.78 is 36.3. The van der Waals surface area contributed by atoms with Crippen molar-refractivity contribution in [1.29, 1.82) is 0 Å². The third kappa shape index (κ3) is 4.67. The molecule has 0 atom stereocenters. The highest BCUT2D eigenvalue weighted by molar-refractivity contribution is 7.87. The molecule has 10 heteroatoms. The van der Waals surface area contributed by atoms with Crippen LogP contribution in [0.5, 0.6) is 0 Å². The number of fused-ring (bicyclic) bond motifs is 3. The topological polar surface area (TPSA) is 115 Å². The summed E-state index contributed by atoms with van der Waals surface area (Å²) in [5.41, 5.74) is 8.74. The summed E-state index contributed by atoms with van der Waals surface area (Å²) in [6.45, 7) is 2.92. The largest absolute Gasteiger partial charge is 0.384 e. The molecular formula is C21H30N6O3S. The zero-order chi connectivity index (χ0) is 21.8. The van der Waals surface area contributed by atoms with E-state index in [0.717, 1.165) is 47.9 Å². The molecule has 1 aliphatic heterocycles. The van der Waals surface area contributed by atoms with Crippen LogP contribution in [-0.4, -0.2) is 60.6 Å². The van der Waals surface area contributed by atoms with Crippen molar-refractivity contribution in [2.75, 3.05) is 39.1 Å². The van der Waals surface area contributed by atoms with Gasteiger partial charge in [0.15, 0.2) is 5.82 Å². The Labute approximate surface area is 182 Å². The van der Waals surface area contributed by atoms with Crippen LogP contribution in [0, 0.1) is 0 Å². The molecule has 3 aromatic rings. The fourth-order valence-corrected chi connectivity index (χ4v) is 5.47. The van der Waals surface area contributed by atoms with Gasteiger partial charge in [-0.3, -0.25) is 0 Å². The minimum atomic E-state index is -3.36. The lowest BCUT2D eigenvalue weighted by Crippen LogP contribution is -2.39. The zero-order valence-electron chi connectivity index (χ0n) is 17.9. The molecule has 4 rings (SSSR count). The molecule has 0 unspecified atom stereocenters. The Morgan fingerprint density at radius 3 is 2.71 bits per heavy atom. The van der Waals surface area contributed by atoms with Crippen LogP contribution in [0.2, 0.25) is 0 Å². The second kappa shape index (κ2) is 9.47. The summed E-state index contributed by atoms with van der Waals surface area (Å²) >= 11 is 0. The molecule has 1 aliphatic rings. The number of aromatic nitrogens is 3. The highest BCUT2D eigenvalue weighted by atomic mass is 32.2. The van der Waals surface area contributed by atoms with Crippen LogP contribution in [0.4, 0.5) is 5.82 Å². The number of nitrogen functional groups attached to an aromatic ring is 1. The Kier molecular flexibility index (Phi) is 6.71. The van der Waals surface area contributed by atoms with Gasteiger partial charge in [-0.15, -0.1) is 0 Å². The van der Waals surface area contributed by atoms with Crippen molar-refractivity contribution in [3.05, 3.63) is 30.1 Å². The van der Waals surface area contributed by atoms with Gasteiger partial charge in [0.2, 0.25) is 0 Å². The number of ether oxygens (including phenoxy) is 1. The van der Waals surface area contributed by atoms with Gasteiger partial charge >= 0.3 is 0 Å². The highest BCUT2D eigenvalue weighted by Gasteiger charge is 2.24. The number of hydrogen-bond donors (Lipinski definition) is 2. The lowest BCUT2D eigenvalue weighted by molar-refractivity contribution is 0.199. The second-order valence-corrected chi connectivity index (χ2v) is 9.60. The zero-order valence-corrected chi connectivity index (χ0v) is 18.7. The number of nitrogens with one attached hydrogen (secondary N) is 1. The van der Waals surface area contributed by atoms with Crippen molar-refractivity contribution in [3.63, 3.8) is 0 Å². The Hall–Kier alpha value is -2.27. The Morgan fingerprint density at radius 1 is 1.16 bits per heavy atom. The molecule has 0 bridgehead atoms. The van der Waals surface area contributed by atoms with E-state index < -0.39 is 10.2 Å². The molecule has 1 fully saturated rings. The van der Waals surface area contributed by atoms with Gasteiger partial charge in [-0.1, -0.05) is 18.2 Å². The average Bonchev–Trinajstić information content (AvgIpc) is 3.42. The van der Waals surface area contributed by atoms with E-state index in [0.29, 0.717) is 50.5 Å². The van der Waals surface area contributed by atoms with Crippen LogP contribution in [0.3, 0.4) is 0 Å². The number of imidazole rings is 1. The van der Waals surface area contributed by atoms with Crippen molar-refractivity contribution in [2.45, 2.75) is 38.6 Å². The first-order valence-corrected chi connectivity index (χ1v) is 12.2. The molecule has 2 aromatic heterocycles. The first-order valence-electron chi connectivity index (χ1n) is 10.8. The number of unbranched alkanes of at least 4 members (excludes halogenated alkanes) is 1. The van der Waals surface area contributed by atoms with Crippen LogP contribution >= 0.6 is 0 Å². The van der Waals surface area contributed by atoms with Crippen LogP contribution in [-0.2, 0) is 27.9 Å². The molecule has 0 aliphatic carbocycles. The van der Waals surface area contributed by atoms with E-state index in [2.05, 4.69) is 14.3 Å². The second-order valence-electron chi connectivity index (χ2n) is 7.85. The van der Waals surface area contributed by atoms with Gasteiger partial charge in [0.1, 0.15) is 11.3 Å². The van der Waals surface area contributed by atoms with Gasteiger partial charge < -0.3 is 15.0 Å². The van der Waals surface area contributed by atoms with Crippen LogP contribution in [0.1, 0.15) is 31.5 Å². The van der Waals surface area contributed by atoms with Crippen LogP contribution < -0.4 is 10.5 Å². The molecule has 1 saturated heterocycles. The van der Waals surface area contributed by atoms with Crippen molar-refractivity contribution >= 4 is 38.0 Å². The standard InChI is InChI=1S/C21H30N6O3S/c1-30-15-10-18-25-19-20(16-8-2-3-9-17(16)24-21(19)22)27(18)14-5-4-11-23-31(28,29)26-12-6-7-13-26/h2-3,8-9,23H,4-7,10-15H2,1H3,(H2,22,24). The van der Waals surface area contributed by atoms with Crippen molar-refractivity contribution in [1.82, 2.24) is 23.6 Å². The molecule has 0 amide bonds. The van der Waals surface area contributed by atoms with Gasteiger partial charge in [0.05, 0.1) is 17.6 Å². The minimum Gasteiger partial charge on any atom is -0.384 e. The van der Waals surface area contributed by atoms with E-state index >= 15 is 0 Å². The first-order chi connectivity index (χ1) is 15.0. The highest BCUT2D eigenvalue weighted by Crippen LogP contribution is 2.29. The van der Waals surface area contributed by atoms with E-state index in [1.807, 2.05) is 24.3 Å². The van der Waals surface area contributed by atoms with Gasteiger partial charge in [-0.2, -0.15) is 12.7 Å². The van der Waals surface area contributed by atoms with E-state index in [4.69, 9.17) is 15.5 Å². The van der Waals surface area contributed by atoms with Crippen LogP contribution in [0.15, 0.2) is 24.3 Å². The van der Waals surface area contributed by atoms with Crippen molar-refractivity contribution in [3.8, 4) is 0 Å². The van der Waals surface area contributed by atoms with Crippen LogP contribution in [0.25, 0.3) is 21.9 Å². The van der Waals surface area contributed by atoms with Gasteiger partial charge in [0, 0.05) is 45.1 Å². The van der Waals surface area contributed by atoms with Crippen molar-refractivity contribution < 1.29 is 13.2 Å². The Morgan fingerprint density at radius 2 is 1.94 bits per heavy atom.